The standard InChI is InChI=1S/C16H29N3O3/c1-5-11(9-19-14(20)22-15(2,3)4)8-13(18)16(21,10-17)12-6-7-12/h5,8,12,21H,6-7,9-10,17-18H2,1-4H3,(H,19,20)/b11-5+,13-8-. The molecule has 22 heavy (non-hydrogen) atoms. The molecule has 1 fully saturated rings. The fourth-order valence-corrected chi connectivity index (χ4v) is 2.13. The largest absolute Gasteiger partial charge is 0.444 e. The van der Waals surface area contributed by atoms with Gasteiger partial charge < -0.3 is 26.6 Å². The molecule has 1 atom stereocenters. The summed E-state index contributed by atoms with van der Waals surface area (Å²) in [6, 6.07) is 0. The molecule has 0 aromatic rings. The van der Waals surface area contributed by atoms with Crippen molar-refractivity contribution in [2.75, 3.05) is 13.1 Å². The molecule has 0 aromatic heterocycles. The molecule has 6 N–H and O–H groups in total. The molecule has 1 saturated carbocycles. The van der Waals surface area contributed by atoms with Crippen LogP contribution in [0.25, 0.3) is 0 Å². The molecule has 126 valence electrons. The molecule has 0 radical (unpaired) electrons. The smallest absolute Gasteiger partial charge is 0.407 e. The predicted octanol–water partition coefficient (Wildman–Crippen LogP) is 1.40. The van der Waals surface area contributed by atoms with Crippen LogP contribution in [0.3, 0.4) is 0 Å². The first-order chi connectivity index (χ1) is 10.1. The number of hydrogen-bond donors (Lipinski definition) is 4. The van der Waals surface area contributed by atoms with Crippen molar-refractivity contribution >= 4 is 6.09 Å². The molecular weight excluding hydrogens is 282 g/mol. The first kappa shape index (κ1) is 18.5. The van der Waals surface area contributed by atoms with Crippen molar-refractivity contribution in [2.45, 2.75) is 51.7 Å². The zero-order chi connectivity index (χ0) is 17.0. The number of nitrogens with two attached hydrogens (primary N) is 2. The molecule has 6 heteroatoms. The SMILES string of the molecule is C/C=C(\C=C(/N)C(O)(CN)C1CC1)CNC(=O)OC(C)(C)C. The molecule has 1 amide bonds. The summed E-state index contributed by atoms with van der Waals surface area (Å²) in [5.41, 5.74) is 11.2. The van der Waals surface area contributed by atoms with Gasteiger partial charge in [0.25, 0.3) is 0 Å². The van der Waals surface area contributed by atoms with Gasteiger partial charge in [-0.2, -0.15) is 0 Å². The Balaban J connectivity index is 2.65. The van der Waals surface area contributed by atoms with Gasteiger partial charge in [0.15, 0.2) is 0 Å². The van der Waals surface area contributed by atoms with Gasteiger partial charge in [0.05, 0.1) is 0 Å². The molecule has 1 rings (SSSR count). The highest BCUT2D eigenvalue weighted by Crippen LogP contribution is 2.41. The maximum atomic E-state index is 11.7. The van der Waals surface area contributed by atoms with Crippen molar-refractivity contribution in [1.29, 1.82) is 0 Å². The van der Waals surface area contributed by atoms with Gasteiger partial charge in [-0.25, -0.2) is 4.79 Å². The van der Waals surface area contributed by atoms with Gasteiger partial charge in [-0.3, -0.25) is 0 Å². The Bertz CT molecular complexity index is 462. The fourth-order valence-electron chi connectivity index (χ4n) is 2.13. The lowest BCUT2D eigenvalue weighted by atomic mass is 9.92. The van der Waals surface area contributed by atoms with E-state index >= 15 is 0 Å². The lowest BCUT2D eigenvalue weighted by Crippen LogP contribution is -2.45. The zero-order valence-electron chi connectivity index (χ0n) is 14.0. The van der Waals surface area contributed by atoms with Crippen LogP contribution in [0.2, 0.25) is 0 Å². The molecule has 0 spiro atoms. The van der Waals surface area contributed by atoms with Crippen molar-refractivity contribution in [2.24, 2.45) is 17.4 Å². The summed E-state index contributed by atoms with van der Waals surface area (Å²) in [5.74, 6) is 0.130. The van der Waals surface area contributed by atoms with Crippen molar-refractivity contribution in [3.8, 4) is 0 Å². The van der Waals surface area contributed by atoms with E-state index < -0.39 is 17.3 Å². The van der Waals surface area contributed by atoms with Crippen molar-refractivity contribution in [3.05, 3.63) is 23.4 Å². The quantitative estimate of drug-likeness (QED) is 0.554. The van der Waals surface area contributed by atoms with Crippen LogP contribution >= 0.6 is 0 Å². The van der Waals surface area contributed by atoms with Gasteiger partial charge in [-0.05, 0) is 58.1 Å². The van der Waals surface area contributed by atoms with Crippen LogP contribution in [-0.2, 0) is 4.74 Å². The van der Waals surface area contributed by atoms with Crippen LogP contribution < -0.4 is 16.8 Å². The van der Waals surface area contributed by atoms with Gasteiger partial charge in [-0.15, -0.1) is 0 Å². The maximum Gasteiger partial charge on any atom is 0.407 e. The number of alkyl carbamates (subject to hydrolysis) is 1. The Morgan fingerprint density at radius 2 is 2.00 bits per heavy atom. The maximum absolute atomic E-state index is 11.7. The Labute approximate surface area is 132 Å². The highest BCUT2D eigenvalue weighted by atomic mass is 16.6. The summed E-state index contributed by atoms with van der Waals surface area (Å²) in [6.45, 7) is 7.62. The van der Waals surface area contributed by atoms with E-state index in [0.29, 0.717) is 5.70 Å². The Hall–Kier alpha value is -1.53. The van der Waals surface area contributed by atoms with Gasteiger partial charge >= 0.3 is 6.09 Å². The van der Waals surface area contributed by atoms with Crippen molar-refractivity contribution in [3.63, 3.8) is 0 Å². The zero-order valence-corrected chi connectivity index (χ0v) is 14.0. The van der Waals surface area contributed by atoms with Crippen LogP contribution in [0, 0.1) is 5.92 Å². The lowest BCUT2D eigenvalue weighted by molar-refractivity contribution is 0.0533. The molecule has 0 saturated heterocycles. The molecule has 0 aromatic carbocycles. The third-order valence-electron chi connectivity index (χ3n) is 3.61. The Kier molecular flexibility index (Phi) is 6.02. The highest BCUT2D eigenvalue weighted by molar-refractivity contribution is 5.68. The minimum Gasteiger partial charge on any atom is -0.444 e. The van der Waals surface area contributed by atoms with Crippen molar-refractivity contribution in [1.82, 2.24) is 5.32 Å². The first-order valence-electron chi connectivity index (χ1n) is 7.64. The van der Waals surface area contributed by atoms with Gasteiger partial charge in [0, 0.05) is 18.8 Å². The first-order valence-corrected chi connectivity index (χ1v) is 7.64. The second-order valence-corrected chi connectivity index (χ2v) is 6.72. The van der Waals surface area contributed by atoms with E-state index in [4.69, 9.17) is 16.2 Å². The van der Waals surface area contributed by atoms with Crippen LogP contribution in [0.5, 0.6) is 0 Å². The third-order valence-corrected chi connectivity index (χ3v) is 3.61. The number of ether oxygens (including phenoxy) is 1. The lowest BCUT2D eigenvalue weighted by Gasteiger charge is -2.27. The summed E-state index contributed by atoms with van der Waals surface area (Å²) in [5, 5.41) is 13.2. The van der Waals surface area contributed by atoms with Gasteiger partial charge in [0.2, 0.25) is 0 Å². The predicted molar refractivity (Wildman–Crippen MR) is 87.0 cm³/mol. The number of rotatable bonds is 6. The molecule has 1 unspecified atom stereocenters. The fraction of sp³-hybridized carbons (Fsp3) is 0.688. The molecule has 1 aliphatic carbocycles. The molecule has 0 bridgehead atoms. The minimum absolute atomic E-state index is 0.0937. The number of carbonyl (C=O) groups excluding carboxylic acids is 1. The van der Waals surface area contributed by atoms with Gasteiger partial charge in [-0.1, -0.05) is 6.08 Å². The molecule has 0 aliphatic heterocycles. The molecular formula is C16H29N3O3. The average Bonchev–Trinajstić information content (AvgIpc) is 3.24. The van der Waals surface area contributed by atoms with E-state index in [1.54, 1.807) is 26.8 Å². The number of aliphatic hydroxyl groups is 1. The Morgan fingerprint density at radius 1 is 1.41 bits per heavy atom. The van der Waals surface area contributed by atoms with E-state index in [1.807, 2.05) is 13.0 Å². The van der Waals surface area contributed by atoms with Crippen LogP contribution in [0.4, 0.5) is 4.79 Å². The normalized spacial score (nSPS) is 19.5. The number of carbonyl (C=O) groups is 1. The molecule has 1 aliphatic rings. The van der Waals surface area contributed by atoms with Crippen molar-refractivity contribution < 1.29 is 14.6 Å². The van der Waals surface area contributed by atoms with Crippen LogP contribution in [0.15, 0.2) is 23.4 Å². The van der Waals surface area contributed by atoms with Gasteiger partial charge in [0.1, 0.15) is 11.2 Å². The van der Waals surface area contributed by atoms with E-state index in [2.05, 4.69) is 5.32 Å². The van der Waals surface area contributed by atoms with Crippen LogP contribution in [-0.4, -0.2) is 35.5 Å². The van der Waals surface area contributed by atoms with E-state index in [-0.39, 0.29) is 19.0 Å². The molecule has 6 nitrogen and oxygen atoms in total. The second-order valence-electron chi connectivity index (χ2n) is 6.72. The van der Waals surface area contributed by atoms with E-state index in [9.17, 15) is 9.90 Å². The summed E-state index contributed by atoms with van der Waals surface area (Å²) in [4.78, 5) is 11.7. The van der Waals surface area contributed by atoms with E-state index in [0.717, 1.165) is 18.4 Å². The summed E-state index contributed by atoms with van der Waals surface area (Å²) in [6.07, 6.45) is 4.89. The topological polar surface area (TPSA) is 111 Å². The third kappa shape index (κ3) is 5.35. The average molecular weight is 311 g/mol. The second kappa shape index (κ2) is 7.15. The highest BCUT2D eigenvalue weighted by Gasteiger charge is 2.44. The monoisotopic (exact) mass is 311 g/mol. The Morgan fingerprint density at radius 3 is 2.41 bits per heavy atom. The number of hydrogen-bond acceptors (Lipinski definition) is 5. The number of nitrogens with one attached hydrogen (secondary N) is 1. The van der Waals surface area contributed by atoms with Crippen LogP contribution in [0.1, 0.15) is 40.5 Å². The summed E-state index contributed by atoms with van der Waals surface area (Å²) in [7, 11) is 0. The molecule has 0 heterocycles. The number of amides is 1. The van der Waals surface area contributed by atoms with E-state index in [1.165, 1.54) is 0 Å². The summed E-state index contributed by atoms with van der Waals surface area (Å²) >= 11 is 0. The summed E-state index contributed by atoms with van der Waals surface area (Å²) < 4.78 is 5.18. The number of allylic oxidation sites excluding steroid dienone is 1. The minimum atomic E-state index is -1.15.